The van der Waals surface area contributed by atoms with Gasteiger partial charge in [0.15, 0.2) is 0 Å². The van der Waals surface area contributed by atoms with Crippen molar-refractivity contribution >= 4 is 17.7 Å². The molecule has 1 N–H and O–H groups in total. The first-order valence-corrected chi connectivity index (χ1v) is 7.04. The van der Waals surface area contributed by atoms with Crippen LogP contribution in [0.1, 0.15) is 12.5 Å². The maximum absolute atomic E-state index is 13.5. The van der Waals surface area contributed by atoms with Crippen LogP contribution in [0.5, 0.6) is 5.75 Å². The summed E-state index contributed by atoms with van der Waals surface area (Å²) in [6, 6.07) is 14.6. The zero-order valence-electron chi connectivity index (χ0n) is 12.5. The number of hydrogen-bond donors (Lipinski definition) is 1. The van der Waals surface area contributed by atoms with Gasteiger partial charge in [-0.15, -0.1) is 0 Å². The number of halogens is 1. The largest absolute Gasteiger partial charge is 0.494 e. The van der Waals surface area contributed by atoms with E-state index in [0.717, 1.165) is 0 Å². The zero-order valence-corrected chi connectivity index (χ0v) is 12.5. The van der Waals surface area contributed by atoms with Crippen molar-refractivity contribution in [3.63, 3.8) is 0 Å². The summed E-state index contributed by atoms with van der Waals surface area (Å²) in [5.41, 5.74) is 0.555. The molecule has 0 aromatic heterocycles. The summed E-state index contributed by atoms with van der Waals surface area (Å²) < 4.78 is 18.9. The molecule has 1 amide bonds. The highest BCUT2D eigenvalue weighted by atomic mass is 19.1. The molecule has 0 saturated carbocycles. The fourth-order valence-corrected chi connectivity index (χ4v) is 1.93. The maximum atomic E-state index is 13.5. The van der Waals surface area contributed by atoms with Gasteiger partial charge in [0.05, 0.1) is 12.3 Å². The minimum Gasteiger partial charge on any atom is -0.494 e. The Balaban J connectivity index is 2.22. The van der Waals surface area contributed by atoms with Gasteiger partial charge < -0.3 is 10.1 Å². The van der Waals surface area contributed by atoms with Gasteiger partial charge in [-0.2, -0.15) is 5.26 Å². The third kappa shape index (κ3) is 4.42. The lowest BCUT2D eigenvalue weighted by atomic mass is 10.1. The molecule has 0 atom stereocenters. The number of nitriles is 1. The Hall–Kier alpha value is -3.13. The van der Waals surface area contributed by atoms with Crippen LogP contribution in [0.25, 0.3) is 6.08 Å². The second-order valence-corrected chi connectivity index (χ2v) is 4.61. The van der Waals surface area contributed by atoms with Gasteiger partial charge in [0.25, 0.3) is 5.91 Å². The molecule has 2 rings (SSSR count). The molecule has 0 fully saturated rings. The summed E-state index contributed by atoms with van der Waals surface area (Å²) in [7, 11) is 0. The van der Waals surface area contributed by atoms with E-state index in [9.17, 15) is 14.4 Å². The first kappa shape index (κ1) is 16.2. The molecule has 2 aromatic rings. The van der Waals surface area contributed by atoms with Gasteiger partial charge in [0.1, 0.15) is 23.2 Å². The van der Waals surface area contributed by atoms with E-state index in [1.54, 1.807) is 30.3 Å². The number of amides is 1. The minimum absolute atomic E-state index is 0.0294. The van der Waals surface area contributed by atoms with Crippen molar-refractivity contribution in [2.24, 2.45) is 0 Å². The highest BCUT2D eigenvalue weighted by Gasteiger charge is 2.11. The first-order valence-electron chi connectivity index (χ1n) is 7.04. The summed E-state index contributed by atoms with van der Waals surface area (Å²) in [6.45, 7) is 2.39. The number of anilines is 1. The van der Waals surface area contributed by atoms with E-state index >= 15 is 0 Å². The van der Waals surface area contributed by atoms with Crippen LogP contribution in [0.15, 0.2) is 54.1 Å². The van der Waals surface area contributed by atoms with Gasteiger partial charge in [-0.1, -0.05) is 24.3 Å². The molecular formula is C18H15FN2O2. The molecule has 0 aliphatic heterocycles. The number of benzene rings is 2. The fourth-order valence-electron chi connectivity index (χ4n) is 1.93. The van der Waals surface area contributed by atoms with E-state index in [0.29, 0.717) is 17.9 Å². The number of nitrogens with one attached hydrogen (secondary N) is 1. The highest BCUT2D eigenvalue weighted by molar-refractivity contribution is 6.09. The smallest absolute Gasteiger partial charge is 0.266 e. The van der Waals surface area contributed by atoms with Crippen LogP contribution in [0, 0.1) is 17.1 Å². The van der Waals surface area contributed by atoms with Crippen molar-refractivity contribution in [1.82, 2.24) is 0 Å². The average molecular weight is 310 g/mol. The number of carbonyl (C=O) groups is 1. The van der Waals surface area contributed by atoms with E-state index in [1.165, 1.54) is 24.3 Å². The van der Waals surface area contributed by atoms with Gasteiger partial charge >= 0.3 is 0 Å². The molecule has 4 nitrogen and oxygen atoms in total. The van der Waals surface area contributed by atoms with Gasteiger partial charge in [0.2, 0.25) is 0 Å². The van der Waals surface area contributed by atoms with Crippen LogP contribution in [0.4, 0.5) is 10.1 Å². The third-order valence-corrected chi connectivity index (χ3v) is 2.97. The lowest BCUT2D eigenvalue weighted by Crippen LogP contribution is -2.14. The Morgan fingerprint density at radius 3 is 2.78 bits per heavy atom. The van der Waals surface area contributed by atoms with Crippen molar-refractivity contribution in [3.05, 3.63) is 65.5 Å². The SMILES string of the molecule is CCOc1cccc(/C=C(\C#N)C(=O)Nc2ccccc2F)c1. The van der Waals surface area contributed by atoms with E-state index in [2.05, 4.69) is 5.32 Å². The van der Waals surface area contributed by atoms with Gasteiger partial charge in [-0.3, -0.25) is 4.79 Å². The summed E-state index contributed by atoms with van der Waals surface area (Å²) in [5.74, 6) is -0.580. The number of carbonyl (C=O) groups excluding carboxylic acids is 1. The molecule has 116 valence electrons. The normalized spacial score (nSPS) is 10.7. The van der Waals surface area contributed by atoms with E-state index in [4.69, 9.17) is 4.74 Å². The molecule has 23 heavy (non-hydrogen) atoms. The molecule has 0 aliphatic carbocycles. The fraction of sp³-hybridized carbons (Fsp3) is 0.111. The van der Waals surface area contributed by atoms with Gasteiger partial charge in [-0.05, 0) is 42.8 Å². The Morgan fingerprint density at radius 1 is 1.30 bits per heavy atom. The number of rotatable bonds is 5. The molecule has 0 aliphatic rings. The average Bonchev–Trinajstić information content (AvgIpc) is 2.55. The van der Waals surface area contributed by atoms with Crippen molar-refractivity contribution in [1.29, 1.82) is 5.26 Å². The first-order chi connectivity index (χ1) is 11.1. The third-order valence-electron chi connectivity index (χ3n) is 2.97. The molecule has 5 heteroatoms. The Labute approximate surface area is 133 Å². The topological polar surface area (TPSA) is 62.1 Å². The second-order valence-electron chi connectivity index (χ2n) is 4.61. The molecule has 0 spiro atoms. The molecular weight excluding hydrogens is 295 g/mol. The summed E-state index contributed by atoms with van der Waals surface area (Å²) in [6.07, 6.45) is 1.43. The number of ether oxygens (including phenoxy) is 1. The number of para-hydroxylation sites is 1. The summed E-state index contributed by atoms with van der Waals surface area (Å²) >= 11 is 0. The minimum atomic E-state index is -0.667. The number of hydrogen-bond acceptors (Lipinski definition) is 3. The van der Waals surface area contributed by atoms with Crippen LogP contribution in [0.3, 0.4) is 0 Å². The Bertz CT molecular complexity index is 779. The molecule has 2 aromatic carbocycles. The monoisotopic (exact) mass is 310 g/mol. The van der Waals surface area contributed by atoms with E-state index in [-0.39, 0.29) is 11.3 Å². The molecule has 0 radical (unpaired) electrons. The van der Waals surface area contributed by atoms with E-state index in [1.807, 2.05) is 13.0 Å². The maximum Gasteiger partial charge on any atom is 0.266 e. The van der Waals surface area contributed by atoms with Crippen LogP contribution < -0.4 is 10.1 Å². The Morgan fingerprint density at radius 2 is 2.09 bits per heavy atom. The molecule has 0 heterocycles. The van der Waals surface area contributed by atoms with Crippen molar-refractivity contribution < 1.29 is 13.9 Å². The summed E-state index contributed by atoms with van der Waals surface area (Å²) in [4.78, 5) is 12.1. The van der Waals surface area contributed by atoms with Gasteiger partial charge in [-0.25, -0.2) is 4.39 Å². The lowest BCUT2D eigenvalue weighted by molar-refractivity contribution is -0.112. The van der Waals surface area contributed by atoms with Crippen LogP contribution in [0.2, 0.25) is 0 Å². The Kier molecular flexibility index (Phi) is 5.48. The molecule has 0 bridgehead atoms. The zero-order chi connectivity index (χ0) is 16.7. The second kappa shape index (κ2) is 7.76. The standard InChI is InChI=1S/C18H15FN2O2/c1-2-23-15-7-5-6-13(11-15)10-14(12-20)18(22)21-17-9-4-3-8-16(17)19/h3-11H,2H2,1H3,(H,21,22)/b14-10+. The van der Waals surface area contributed by atoms with Crippen molar-refractivity contribution in [3.8, 4) is 11.8 Å². The van der Waals surface area contributed by atoms with Gasteiger partial charge in [0, 0.05) is 0 Å². The van der Waals surface area contributed by atoms with Crippen LogP contribution in [-0.4, -0.2) is 12.5 Å². The predicted octanol–water partition coefficient (Wildman–Crippen LogP) is 3.77. The van der Waals surface area contributed by atoms with Crippen molar-refractivity contribution in [2.45, 2.75) is 6.92 Å². The molecule has 0 unspecified atom stereocenters. The quantitative estimate of drug-likeness (QED) is 0.675. The van der Waals surface area contributed by atoms with Crippen LogP contribution in [-0.2, 0) is 4.79 Å². The molecule has 0 saturated heterocycles. The van der Waals surface area contributed by atoms with Crippen LogP contribution >= 0.6 is 0 Å². The van der Waals surface area contributed by atoms with E-state index < -0.39 is 11.7 Å². The number of nitrogens with zero attached hydrogens (tertiary/aromatic N) is 1. The lowest BCUT2D eigenvalue weighted by Gasteiger charge is -2.06. The van der Waals surface area contributed by atoms with Crippen molar-refractivity contribution in [2.75, 3.05) is 11.9 Å². The summed E-state index contributed by atoms with van der Waals surface area (Å²) in [5, 5.41) is 11.6. The highest BCUT2D eigenvalue weighted by Crippen LogP contribution is 2.17. The predicted molar refractivity (Wildman–Crippen MR) is 86.2 cm³/mol.